The molecule has 0 amide bonds. The summed E-state index contributed by atoms with van der Waals surface area (Å²) in [5, 5.41) is 11.7. The average Bonchev–Trinajstić information content (AvgIpc) is 3.16. The number of ether oxygens (including phenoxy) is 2. The molecule has 2 aliphatic rings. The molecule has 4 rings (SSSR count). The van der Waals surface area contributed by atoms with Crippen molar-refractivity contribution in [2.24, 2.45) is 0 Å². The molecule has 112 valence electrons. The van der Waals surface area contributed by atoms with Gasteiger partial charge in [0.25, 0.3) is 0 Å². The van der Waals surface area contributed by atoms with Crippen molar-refractivity contribution in [1.82, 2.24) is 25.0 Å². The molecule has 1 saturated heterocycles. The molecule has 1 saturated carbocycles. The summed E-state index contributed by atoms with van der Waals surface area (Å²) >= 11 is 0. The van der Waals surface area contributed by atoms with Crippen LogP contribution in [-0.2, 0) is 9.47 Å². The maximum Gasteiger partial charge on any atom is 0.199 e. The van der Waals surface area contributed by atoms with Gasteiger partial charge in [-0.25, -0.2) is 0 Å². The van der Waals surface area contributed by atoms with E-state index < -0.39 is 0 Å². The van der Waals surface area contributed by atoms with Crippen molar-refractivity contribution in [2.75, 3.05) is 25.2 Å². The Morgan fingerprint density at radius 2 is 2.00 bits per heavy atom. The molecule has 2 aromatic rings. The van der Waals surface area contributed by atoms with Crippen LogP contribution >= 0.6 is 0 Å². The number of rotatable bonds is 2. The van der Waals surface area contributed by atoms with Gasteiger partial charge in [0.2, 0.25) is 0 Å². The Kier molecular flexibility index (Phi) is 3.00. The second-order valence-electron chi connectivity index (χ2n) is 5.66. The quantitative estimate of drug-likeness (QED) is 0.803. The summed E-state index contributed by atoms with van der Waals surface area (Å²) in [5.41, 5.74) is 0.661. The molecule has 0 bridgehead atoms. The van der Waals surface area contributed by atoms with Crippen LogP contribution in [0.2, 0.25) is 0 Å². The molecule has 1 aliphatic carbocycles. The standard InChI is InChI=1S/C13H18N6O2/c1-18(12-9-14-8-11-15-16-17-19(11)12)10-2-4-13(5-3-10)20-6-7-21-13/h8-10H,2-7H2,1H3. The molecule has 0 aromatic carbocycles. The maximum absolute atomic E-state index is 5.78. The van der Waals surface area contributed by atoms with Gasteiger partial charge in [-0.2, -0.15) is 4.52 Å². The highest BCUT2D eigenvalue weighted by molar-refractivity contribution is 5.46. The van der Waals surface area contributed by atoms with Crippen LogP contribution in [0, 0.1) is 0 Å². The highest BCUT2D eigenvalue weighted by Gasteiger charge is 2.41. The van der Waals surface area contributed by atoms with E-state index in [1.54, 1.807) is 16.9 Å². The van der Waals surface area contributed by atoms with E-state index in [0.29, 0.717) is 24.9 Å². The van der Waals surface area contributed by atoms with Crippen LogP contribution in [0.5, 0.6) is 0 Å². The fraction of sp³-hybridized carbons (Fsp3) is 0.692. The van der Waals surface area contributed by atoms with E-state index in [-0.39, 0.29) is 5.79 Å². The maximum atomic E-state index is 5.78. The Labute approximate surface area is 122 Å². The molecule has 8 heteroatoms. The van der Waals surface area contributed by atoms with Gasteiger partial charge >= 0.3 is 0 Å². The molecule has 2 aromatic heterocycles. The topological polar surface area (TPSA) is 77.7 Å². The zero-order valence-electron chi connectivity index (χ0n) is 12.0. The van der Waals surface area contributed by atoms with Crippen LogP contribution < -0.4 is 4.90 Å². The average molecular weight is 290 g/mol. The second-order valence-corrected chi connectivity index (χ2v) is 5.66. The van der Waals surface area contributed by atoms with Crippen molar-refractivity contribution in [3.8, 4) is 0 Å². The molecule has 21 heavy (non-hydrogen) atoms. The fourth-order valence-corrected chi connectivity index (χ4v) is 3.31. The van der Waals surface area contributed by atoms with E-state index >= 15 is 0 Å². The predicted octanol–water partition coefficient (Wildman–Crippen LogP) is 0.641. The summed E-state index contributed by atoms with van der Waals surface area (Å²) in [4.78, 5) is 6.42. The van der Waals surface area contributed by atoms with Crippen LogP contribution in [0.3, 0.4) is 0 Å². The van der Waals surface area contributed by atoms with Crippen LogP contribution in [0.15, 0.2) is 12.4 Å². The largest absolute Gasteiger partial charge is 0.355 e. The highest BCUT2D eigenvalue weighted by Crippen LogP contribution is 2.37. The zero-order chi connectivity index (χ0) is 14.3. The third-order valence-electron chi connectivity index (χ3n) is 4.53. The number of anilines is 1. The summed E-state index contributed by atoms with van der Waals surface area (Å²) in [6.45, 7) is 1.43. The number of nitrogens with zero attached hydrogens (tertiary/aromatic N) is 6. The van der Waals surface area contributed by atoms with Crippen LogP contribution in [-0.4, -0.2) is 57.1 Å². The molecule has 1 spiro atoms. The van der Waals surface area contributed by atoms with Gasteiger partial charge in [0, 0.05) is 25.9 Å². The van der Waals surface area contributed by atoms with Crippen LogP contribution in [0.1, 0.15) is 25.7 Å². The number of fused-ring (bicyclic) bond motifs is 1. The van der Waals surface area contributed by atoms with E-state index in [9.17, 15) is 0 Å². The molecule has 1 aliphatic heterocycles. The van der Waals surface area contributed by atoms with Crippen molar-refractivity contribution in [2.45, 2.75) is 37.5 Å². The minimum atomic E-state index is -0.323. The molecular weight excluding hydrogens is 272 g/mol. The van der Waals surface area contributed by atoms with Crippen molar-refractivity contribution < 1.29 is 9.47 Å². The van der Waals surface area contributed by atoms with Crippen LogP contribution in [0.4, 0.5) is 5.82 Å². The zero-order valence-corrected chi connectivity index (χ0v) is 12.0. The van der Waals surface area contributed by atoms with Gasteiger partial charge in [-0.1, -0.05) is 0 Å². The lowest BCUT2D eigenvalue weighted by atomic mass is 9.89. The first-order valence-corrected chi connectivity index (χ1v) is 7.30. The third-order valence-corrected chi connectivity index (χ3v) is 4.53. The predicted molar refractivity (Wildman–Crippen MR) is 73.9 cm³/mol. The van der Waals surface area contributed by atoms with E-state index in [2.05, 4.69) is 32.5 Å². The van der Waals surface area contributed by atoms with Gasteiger partial charge in [0.05, 0.1) is 25.6 Å². The summed E-state index contributed by atoms with van der Waals surface area (Å²) in [6, 6.07) is 0.417. The highest BCUT2D eigenvalue weighted by atomic mass is 16.7. The lowest BCUT2D eigenvalue weighted by Gasteiger charge is -2.39. The van der Waals surface area contributed by atoms with Gasteiger partial charge in [-0.05, 0) is 23.3 Å². The lowest BCUT2D eigenvalue weighted by Crippen LogP contribution is -2.43. The SMILES string of the molecule is CN(c1cncc2nnnn12)C1CCC2(CC1)OCCO2. The van der Waals surface area contributed by atoms with Gasteiger partial charge < -0.3 is 14.4 Å². The Morgan fingerprint density at radius 1 is 1.24 bits per heavy atom. The third kappa shape index (κ3) is 2.14. The van der Waals surface area contributed by atoms with Gasteiger partial charge in [-0.15, -0.1) is 5.10 Å². The molecule has 0 atom stereocenters. The number of hydrogen-bond acceptors (Lipinski definition) is 7. The Bertz CT molecular complexity index is 628. The minimum absolute atomic E-state index is 0.323. The molecule has 2 fully saturated rings. The first-order valence-electron chi connectivity index (χ1n) is 7.30. The number of hydrogen-bond donors (Lipinski definition) is 0. The minimum Gasteiger partial charge on any atom is -0.355 e. The van der Waals surface area contributed by atoms with Crippen molar-refractivity contribution in [3.05, 3.63) is 12.4 Å². The summed E-state index contributed by atoms with van der Waals surface area (Å²) < 4.78 is 13.3. The van der Waals surface area contributed by atoms with Crippen molar-refractivity contribution >= 4 is 11.5 Å². The Hall–Kier alpha value is -1.80. The summed E-state index contributed by atoms with van der Waals surface area (Å²) in [7, 11) is 2.07. The molecular formula is C13H18N6O2. The van der Waals surface area contributed by atoms with E-state index in [4.69, 9.17) is 9.47 Å². The van der Waals surface area contributed by atoms with Gasteiger partial charge in [0.15, 0.2) is 17.3 Å². The molecule has 8 nitrogen and oxygen atoms in total. The normalized spacial score (nSPS) is 22.1. The first kappa shape index (κ1) is 12.9. The smallest absolute Gasteiger partial charge is 0.199 e. The lowest BCUT2D eigenvalue weighted by molar-refractivity contribution is -0.178. The van der Waals surface area contributed by atoms with Crippen molar-refractivity contribution in [3.63, 3.8) is 0 Å². The number of tetrazole rings is 1. The van der Waals surface area contributed by atoms with Crippen LogP contribution in [0.25, 0.3) is 5.65 Å². The Balaban J connectivity index is 1.53. The molecule has 3 heterocycles. The van der Waals surface area contributed by atoms with E-state index in [0.717, 1.165) is 31.5 Å². The van der Waals surface area contributed by atoms with Gasteiger partial charge in [-0.3, -0.25) is 4.98 Å². The van der Waals surface area contributed by atoms with E-state index in [1.165, 1.54) is 0 Å². The van der Waals surface area contributed by atoms with Gasteiger partial charge in [0.1, 0.15) is 0 Å². The molecule has 0 N–H and O–H groups in total. The fourth-order valence-electron chi connectivity index (χ4n) is 3.31. The summed E-state index contributed by atoms with van der Waals surface area (Å²) in [5.74, 6) is 0.586. The monoisotopic (exact) mass is 290 g/mol. The number of aromatic nitrogens is 5. The summed E-state index contributed by atoms with van der Waals surface area (Å²) in [6.07, 6.45) is 7.37. The first-order chi connectivity index (χ1) is 10.3. The second kappa shape index (κ2) is 4.88. The Morgan fingerprint density at radius 3 is 2.76 bits per heavy atom. The van der Waals surface area contributed by atoms with Crippen molar-refractivity contribution in [1.29, 1.82) is 0 Å². The molecule has 0 radical (unpaired) electrons. The van der Waals surface area contributed by atoms with E-state index in [1.807, 2.05) is 0 Å². The molecule has 0 unspecified atom stereocenters.